The number of likely N-dealkylation sites (tertiary alicyclic amines) is 1. The number of benzene rings is 1. The van der Waals surface area contributed by atoms with E-state index in [-0.39, 0.29) is 23.4 Å². The Hall–Kier alpha value is -4.34. The van der Waals surface area contributed by atoms with Crippen molar-refractivity contribution in [1.82, 2.24) is 14.9 Å². The highest BCUT2D eigenvalue weighted by Crippen LogP contribution is 2.40. The number of H-pyrrole nitrogens is 2. The minimum Gasteiger partial charge on any atom is -0.872 e. The summed E-state index contributed by atoms with van der Waals surface area (Å²) in [5, 5.41) is 13.8. The van der Waals surface area contributed by atoms with Crippen LogP contribution in [0.1, 0.15) is 45.3 Å². The summed E-state index contributed by atoms with van der Waals surface area (Å²) >= 11 is 0. The number of hydrogen-bond acceptors (Lipinski definition) is 6. The fraction of sp³-hybridized carbons (Fsp3) is 0.308. The number of hydrogen-bond donors (Lipinski definition) is 2. The number of ketones is 1. The molecule has 10 heteroatoms. The number of methoxy groups -OCH3 is 2. The highest BCUT2D eigenvalue weighted by atomic mass is 16.5. The summed E-state index contributed by atoms with van der Waals surface area (Å²) in [7, 11) is 2.79. The van der Waals surface area contributed by atoms with Gasteiger partial charge in [0.25, 0.3) is 5.91 Å². The van der Waals surface area contributed by atoms with E-state index in [2.05, 4.69) is 9.97 Å². The maximum atomic E-state index is 13.8. The smallest absolute Gasteiger partial charge is 0.354 e. The Morgan fingerprint density at radius 3 is 2.50 bits per heavy atom. The minimum atomic E-state index is -0.866. The van der Waals surface area contributed by atoms with Crippen LogP contribution in [0.4, 0.5) is 0 Å². The largest absolute Gasteiger partial charge is 0.872 e. The number of nitrogens with one attached hydrogen (secondary N) is 2. The number of aromatic amines is 2. The lowest BCUT2D eigenvalue weighted by Crippen LogP contribution is -2.36. The van der Waals surface area contributed by atoms with Crippen LogP contribution in [0.3, 0.4) is 0 Å². The number of carbonyl (C=O) groups excluding carboxylic acids is 3. The number of carbonyl (C=O) groups is 3. The lowest BCUT2D eigenvalue weighted by atomic mass is 9.94. The van der Waals surface area contributed by atoms with Crippen molar-refractivity contribution >= 4 is 23.4 Å². The molecule has 3 heterocycles. The lowest BCUT2D eigenvalue weighted by Gasteiger charge is -2.27. The molecule has 2 aromatic heterocycles. The van der Waals surface area contributed by atoms with Gasteiger partial charge in [0.1, 0.15) is 23.8 Å². The Balaban J connectivity index is 1.80. The van der Waals surface area contributed by atoms with Gasteiger partial charge in [-0.05, 0) is 42.7 Å². The number of esters is 1. The van der Waals surface area contributed by atoms with Crippen LogP contribution >= 0.6 is 0 Å². The number of Topliss-reactive ketones (excluding diaryl/α,β-unsaturated/α-hetero) is 1. The second kappa shape index (κ2) is 10.1. The number of rotatable bonds is 8. The summed E-state index contributed by atoms with van der Waals surface area (Å²) < 4.78 is 12.0. The third-order valence-corrected chi connectivity index (χ3v) is 6.43. The van der Waals surface area contributed by atoms with Gasteiger partial charge in [0.05, 0.1) is 26.8 Å². The topological polar surface area (TPSA) is 131 Å². The predicted molar refractivity (Wildman–Crippen MR) is 127 cm³/mol. The van der Waals surface area contributed by atoms with Gasteiger partial charge >= 0.3 is 5.97 Å². The molecule has 0 saturated carbocycles. The number of amides is 1. The van der Waals surface area contributed by atoms with Gasteiger partial charge in [-0.2, -0.15) is 0 Å². The van der Waals surface area contributed by atoms with E-state index in [9.17, 15) is 19.5 Å². The monoisotopic (exact) mass is 492 g/mol. The molecule has 1 aromatic carbocycles. The molecule has 1 aliphatic heterocycles. The van der Waals surface area contributed by atoms with Gasteiger partial charge in [0, 0.05) is 24.2 Å². The Labute approximate surface area is 208 Å². The molecule has 188 valence electrons. The molecule has 1 amide bonds. The molecule has 4 rings (SSSR count). The fourth-order valence-electron chi connectivity index (χ4n) is 4.65. The molecule has 0 spiro atoms. The second-order valence-electron chi connectivity index (χ2n) is 8.57. The first-order valence-electron chi connectivity index (χ1n) is 11.5. The Kier molecular flexibility index (Phi) is 6.96. The standard InChI is InChI=1S/C26H28N4O6/c1-15-19(16(2)28-21(15)26(34)36-4)23(31)20-22(17-6-8-18(35-3)9-7-17)30(25(33)24(20)32)12-5-11-29-13-10-27-14-29/h6-10,13-14,22H,5,11-12H2,1-4H3,(H2,28,31,32,34). The molecule has 10 nitrogen and oxygen atoms in total. The van der Waals surface area contributed by atoms with Gasteiger partial charge in [0.2, 0.25) is 12.1 Å². The fourth-order valence-corrected chi connectivity index (χ4v) is 4.65. The zero-order valence-corrected chi connectivity index (χ0v) is 20.6. The highest BCUT2D eigenvalue weighted by Gasteiger charge is 2.44. The van der Waals surface area contributed by atoms with Crippen LogP contribution in [0.5, 0.6) is 5.75 Å². The van der Waals surface area contributed by atoms with E-state index in [0.717, 1.165) is 0 Å². The molecule has 2 N–H and O–H groups in total. The average Bonchev–Trinajstić information content (AvgIpc) is 3.57. The zero-order valence-electron chi connectivity index (χ0n) is 20.6. The molecule has 0 bridgehead atoms. The molecule has 3 aromatic rings. The highest BCUT2D eigenvalue weighted by molar-refractivity contribution is 6.46. The summed E-state index contributed by atoms with van der Waals surface area (Å²) in [5.74, 6) is -2.16. The number of ether oxygens (including phenoxy) is 2. The number of aromatic nitrogens is 3. The van der Waals surface area contributed by atoms with Gasteiger partial charge in [-0.15, -0.1) is 0 Å². The Bertz CT molecular complexity index is 1320. The van der Waals surface area contributed by atoms with Crippen molar-refractivity contribution in [2.45, 2.75) is 32.9 Å². The molecular weight excluding hydrogens is 464 g/mol. The van der Waals surface area contributed by atoms with Gasteiger partial charge in [0.15, 0.2) is 0 Å². The molecule has 1 fully saturated rings. The van der Waals surface area contributed by atoms with Crippen molar-refractivity contribution in [3.8, 4) is 5.75 Å². The summed E-state index contributed by atoms with van der Waals surface area (Å²) in [6, 6.07) is 6.07. The lowest BCUT2D eigenvalue weighted by molar-refractivity contribution is -0.695. The van der Waals surface area contributed by atoms with Gasteiger partial charge in [-0.1, -0.05) is 17.9 Å². The van der Waals surface area contributed by atoms with Gasteiger partial charge < -0.3 is 24.5 Å². The maximum absolute atomic E-state index is 13.8. The van der Waals surface area contributed by atoms with E-state index >= 15 is 0 Å². The van der Waals surface area contributed by atoms with E-state index in [0.29, 0.717) is 35.5 Å². The maximum Gasteiger partial charge on any atom is 0.354 e. The molecule has 1 saturated heterocycles. The van der Waals surface area contributed by atoms with E-state index < -0.39 is 29.5 Å². The number of imidazole rings is 1. The number of aryl methyl sites for hydroxylation is 2. The van der Waals surface area contributed by atoms with E-state index in [1.807, 2.05) is 10.8 Å². The predicted octanol–water partition coefficient (Wildman–Crippen LogP) is 1.36. The molecule has 0 radical (unpaired) electrons. The number of nitrogens with zero attached hydrogens (tertiary/aromatic N) is 2. The van der Waals surface area contributed by atoms with Crippen molar-refractivity contribution < 1.29 is 33.5 Å². The van der Waals surface area contributed by atoms with Crippen molar-refractivity contribution in [2.24, 2.45) is 0 Å². The molecular formula is C26H28N4O6. The van der Waals surface area contributed by atoms with Gasteiger partial charge in [-0.25, -0.2) is 9.36 Å². The van der Waals surface area contributed by atoms with Gasteiger partial charge in [-0.3, -0.25) is 14.6 Å². The minimum absolute atomic E-state index is 0.136. The van der Waals surface area contributed by atoms with Crippen LogP contribution in [0.25, 0.3) is 5.76 Å². The third-order valence-electron chi connectivity index (χ3n) is 6.43. The summed E-state index contributed by atoms with van der Waals surface area (Å²) in [4.78, 5) is 45.9. The molecule has 36 heavy (non-hydrogen) atoms. The average molecular weight is 493 g/mol. The van der Waals surface area contributed by atoms with Crippen LogP contribution < -0.4 is 14.4 Å². The quantitative estimate of drug-likeness (QED) is 0.160. The van der Waals surface area contributed by atoms with E-state index in [1.165, 1.54) is 12.0 Å². The van der Waals surface area contributed by atoms with Crippen LogP contribution in [-0.2, 0) is 20.9 Å². The van der Waals surface area contributed by atoms with Crippen LogP contribution in [-0.4, -0.2) is 53.3 Å². The van der Waals surface area contributed by atoms with Crippen molar-refractivity contribution in [1.29, 1.82) is 0 Å². The van der Waals surface area contributed by atoms with Crippen molar-refractivity contribution in [3.05, 3.63) is 76.6 Å². The first-order chi connectivity index (χ1) is 17.3. The molecule has 1 unspecified atom stereocenters. The van der Waals surface area contributed by atoms with Crippen molar-refractivity contribution in [3.63, 3.8) is 0 Å². The summed E-state index contributed by atoms with van der Waals surface area (Å²) in [6.45, 7) is 4.15. The van der Waals surface area contributed by atoms with Crippen LogP contribution in [0.2, 0.25) is 0 Å². The summed E-state index contributed by atoms with van der Waals surface area (Å²) in [6.07, 6.45) is 6.04. The van der Waals surface area contributed by atoms with Crippen LogP contribution in [0, 0.1) is 13.8 Å². The molecule has 0 aliphatic carbocycles. The second-order valence-corrected chi connectivity index (χ2v) is 8.57. The zero-order chi connectivity index (χ0) is 26.0. The Morgan fingerprint density at radius 1 is 1.17 bits per heavy atom. The third kappa shape index (κ3) is 4.37. The van der Waals surface area contributed by atoms with Crippen LogP contribution in [0.15, 0.2) is 48.6 Å². The summed E-state index contributed by atoms with van der Waals surface area (Å²) in [5.41, 5.74) is 1.59. The van der Waals surface area contributed by atoms with E-state index in [4.69, 9.17) is 9.47 Å². The first-order valence-corrected chi connectivity index (χ1v) is 11.5. The normalized spacial score (nSPS) is 17.0. The first kappa shape index (κ1) is 24.8. The van der Waals surface area contributed by atoms with E-state index in [1.54, 1.807) is 57.7 Å². The SMILES string of the molecule is COC(=O)c1[nH]c(C)c(C([O-])=C2C(=O)C(=O)N(CCC[n+]3cc[nH]c3)C2c2ccc(OC)cc2)c1C. The molecule has 1 aliphatic rings. The Morgan fingerprint density at radius 2 is 1.89 bits per heavy atom. The van der Waals surface area contributed by atoms with Crippen molar-refractivity contribution in [2.75, 3.05) is 20.8 Å². The molecule has 1 atom stereocenters.